The normalized spacial score (nSPS) is 10.3. The second-order valence-electron chi connectivity index (χ2n) is 5.16. The van der Waals surface area contributed by atoms with Crippen molar-refractivity contribution in [3.63, 3.8) is 0 Å². The number of aromatic nitrogens is 1. The summed E-state index contributed by atoms with van der Waals surface area (Å²) in [6.07, 6.45) is 0.717. The minimum atomic E-state index is -1.16. The first kappa shape index (κ1) is 18.5. The van der Waals surface area contributed by atoms with Gasteiger partial charge in [-0.25, -0.2) is 14.6 Å². The van der Waals surface area contributed by atoms with E-state index in [9.17, 15) is 19.8 Å². The van der Waals surface area contributed by atoms with Gasteiger partial charge in [0.2, 0.25) is 0 Å². The van der Waals surface area contributed by atoms with Crippen molar-refractivity contribution in [1.82, 2.24) is 4.98 Å². The van der Waals surface area contributed by atoms with Crippen molar-refractivity contribution >= 4 is 29.5 Å². The molecule has 23 heavy (non-hydrogen) atoms. The number of hydrogen-bond donors (Lipinski definition) is 3. The average molecular weight is 324 g/mol. The summed E-state index contributed by atoms with van der Waals surface area (Å²) in [5.41, 5.74) is 6.04. The summed E-state index contributed by atoms with van der Waals surface area (Å²) in [4.78, 5) is 29.2. The van der Waals surface area contributed by atoms with Gasteiger partial charge in [0.15, 0.2) is 5.82 Å². The van der Waals surface area contributed by atoms with Crippen LogP contribution in [0.2, 0.25) is 0 Å². The van der Waals surface area contributed by atoms with E-state index in [1.165, 1.54) is 12.1 Å². The molecule has 1 aromatic heterocycles. The Balaban J connectivity index is 3.17. The number of nitrogens with two attached hydrogens (primary N) is 1. The third kappa shape index (κ3) is 5.01. The highest BCUT2D eigenvalue weighted by atomic mass is 16.4. The van der Waals surface area contributed by atoms with Crippen LogP contribution < -0.4 is 15.5 Å². The summed E-state index contributed by atoms with van der Waals surface area (Å²) >= 11 is 0. The van der Waals surface area contributed by atoms with Crippen LogP contribution in [0.15, 0.2) is 12.1 Å². The first-order valence-corrected chi connectivity index (χ1v) is 7.69. The van der Waals surface area contributed by atoms with Gasteiger partial charge in [0.1, 0.15) is 5.82 Å². The van der Waals surface area contributed by atoms with Crippen LogP contribution in [0.4, 0.5) is 26.9 Å². The van der Waals surface area contributed by atoms with Crippen LogP contribution in [0.25, 0.3) is 0 Å². The molecule has 2 amide bonds. The van der Waals surface area contributed by atoms with Crippen LogP contribution in [0, 0.1) is 0 Å². The number of carbonyl (C=O) groups is 2. The number of carboxylic acid groups (broad SMARTS) is 2. The number of pyridine rings is 1. The van der Waals surface area contributed by atoms with Crippen LogP contribution in [-0.4, -0.2) is 40.5 Å². The maximum atomic E-state index is 11.4. The molecule has 0 atom stereocenters. The lowest BCUT2D eigenvalue weighted by Gasteiger charge is -2.23. The fraction of sp³-hybridized carbons (Fsp3) is 0.533. The Morgan fingerprint density at radius 3 is 2.04 bits per heavy atom. The molecule has 0 bridgehead atoms. The third-order valence-electron chi connectivity index (χ3n) is 3.36. The van der Waals surface area contributed by atoms with Gasteiger partial charge < -0.3 is 15.9 Å². The number of anilines is 3. The largest absolute Gasteiger partial charge is 0.465 e. The Bertz CT molecular complexity index is 550. The van der Waals surface area contributed by atoms with Gasteiger partial charge in [-0.15, -0.1) is 0 Å². The maximum Gasteiger partial charge on any atom is 0.413 e. The third-order valence-corrected chi connectivity index (χ3v) is 3.36. The average Bonchev–Trinajstić information content (AvgIpc) is 2.50. The van der Waals surface area contributed by atoms with Gasteiger partial charge in [-0.3, -0.25) is 9.80 Å². The molecule has 4 N–H and O–H groups in total. The molecule has 0 aromatic carbocycles. The molecule has 1 aromatic rings. The predicted molar refractivity (Wildman–Crippen MR) is 89.2 cm³/mol. The van der Waals surface area contributed by atoms with Crippen LogP contribution >= 0.6 is 0 Å². The van der Waals surface area contributed by atoms with E-state index in [2.05, 4.69) is 4.98 Å². The molecule has 0 saturated carbocycles. The van der Waals surface area contributed by atoms with E-state index in [0.717, 1.165) is 22.6 Å². The van der Waals surface area contributed by atoms with E-state index >= 15 is 0 Å². The van der Waals surface area contributed by atoms with Crippen LogP contribution in [0.3, 0.4) is 0 Å². The van der Waals surface area contributed by atoms with Crippen molar-refractivity contribution in [3.05, 3.63) is 12.1 Å². The molecule has 128 valence electrons. The molecular formula is C15H24N4O4. The zero-order valence-electron chi connectivity index (χ0n) is 13.5. The van der Waals surface area contributed by atoms with E-state index in [1.807, 2.05) is 13.8 Å². The highest BCUT2D eigenvalue weighted by Crippen LogP contribution is 2.25. The van der Waals surface area contributed by atoms with Crippen LogP contribution in [0.1, 0.15) is 39.5 Å². The molecular weight excluding hydrogens is 300 g/mol. The number of nitrogens with zero attached hydrogens (tertiary/aromatic N) is 3. The molecule has 0 fully saturated rings. The van der Waals surface area contributed by atoms with Gasteiger partial charge in [0, 0.05) is 13.1 Å². The molecule has 0 aliphatic carbocycles. The Labute approximate surface area is 135 Å². The monoisotopic (exact) mass is 324 g/mol. The van der Waals surface area contributed by atoms with Crippen molar-refractivity contribution in [2.75, 3.05) is 28.6 Å². The second kappa shape index (κ2) is 8.82. The molecule has 0 unspecified atom stereocenters. The number of unbranched alkanes of at least 4 members (excludes halogenated alkanes) is 2. The minimum Gasteiger partial charge on any atom is -0.465 e. The quantitative estimate of drug-likeness (QED) is 0.675. The summed E-state index contributed by atoms with van der Waals surface area (Å²) in [7, 11) is 0. The maximum absolute atomic E-state index is 11.4. The zero-order chi connectivity index (χ0) is 17.4. The first-order chi connectivity index (χ1) is 10.9. The highest BCUT2D eigenvalue weighted by Gasteiger charge is 2.22. The lowest BCUT2D eigenvalue weighted by atomic mass is 10.3. The van der Waals surface area contributed by atoms with E-state index in [-0.39, 0.29) is 23.9 Å². The minimum absolute atomic E-state index is 0.0752. The molecule has 0 aliphatic rings. The van der Waals surface area contributed by atoms with E-state index in [4.69, 9.17) is 5.73 Å². The number of amides is 2. The van der Waals surface area contributed by atoms with Crippen molar-refractivity contribution in [2.24, 2.45) is 0 Å². The smallest absolute Gasteiger partial charge is 0.413 e. The lowest BCUT2D eigenvalue weighted by molar-refractivity contribution is 0.201. The molecule has 0 aliphatic heterocycles. The summed E-state index contributed by atoms with van der Waals surface area (Å²) in [6.45, 7) is 4.46. The van der Waals surface area contributed by atoms with E-state index < -0.39 is 12.2 Å². The van der Waals surface area contributed by atoms with Gasteiger partial charge in [0.05, 0.1) is 5.69 Å². The van der Waals surface area contributed by atoms with Crippen molar-refractivity contribution in [3.8, 4) is 0 Å². The molecule has 0 spiro atoms. The van der Waals surface area contributed by atoms with E-state index in [1.54, 1.807) is 0 Å². The number of hydrogen-bond acceptors (Lipinski definition) is 4. The zero-order valence-corrected chi connectivity index (χ0v) is 13.5. The van der Waals surface area contributed by atoms with Gasteiger partial charge in [-0.05, 0) is 25.0 Å². The van der Waals surface area contributed by atoms with E-state index in [0.29, 0.717) is 19.4 Å². The lowest BCUT2D eigenvalue weighted by Crippen LogP contribution is -2.34. The molecule has 8 nitrogen and oxygen atoms in total. The van der Waals surface area contributed by atoms with Crippen LogP contribution in [-0.2, 0) is 0 Å². The SMILES string of the molecule is CCCCN(C(=O)O)c1ccc(N)c(N(CCCC)C(=O)O)n1. The van der Waals surface area contributed by atoms with Crippen molar-refractivity contribution < 1.29 is 19.8 Å². The predicted octanol–water partition coefficient (Wildman–Crippen LogP) is 3.23. The van der Waals surface area contributed by atoms with Crippen molar-refractivity contribution in [1.29, 1.82) is 0 Å². The number of nitrogen functional groups attached to an aromatic ring is 1. The summed E-state index contributed by atoms with van der Waals surface area (Å²) < 4.78 is 0. The molecule has 1 heterocycles. The summed E-state index contributed by atoms with van der Waals surface area (Å²) in [6, 6.07) is 2.98. The molecule has 0 radical (unpaired) electrons. The first-order valence-electron chi connectivity index (χ1n) is 7.69. The van der Waals surface area contributed by atoms with Gasteiger partial charge in [-0.1, -0.05) is 26.7 Å². The van der Waals surface area contributed by atoms with Gasteiger partial charge in [0.25, 0.3) is 0 Å². The van der Waals surface area contributed by atoms with Crippen molar-refractivity contribution in [2.45, 2.75) is 39.5 Å². The highest BCUT2D eigenvalue weighted by molar-refractivity contribution is 5.90. The van der Waals surface area contributed by atoms with Gasteiger partial charge >= 0.3 is 12.2 Å². The number of rotatable bonds is 8. The van der Waals surface area contributed by atoms with Gasteiger partial charge in [-0.2, -0.15) is 0 Å². The molecule has 8 heteroatoms. The fourth-order valence-electron chi connectivity index (χ4n) is 2.05. The summed E-state index contributed by atoms with van der Waals surface area (Å²) in [5.74, 6) is 0.254. The Kier molecular flexibility index (Phi) is 7.11. The standard InChI is InChI=1S/C15H24N4O4/c1-3-5-9-18(14(20)21)12-8-7-11(16)13(17-12)19(15(22)23)10-6-4-2/h7-8H,3-6,9-10,16H2,1-2H3,(H,20,21)(H,22,23). The summed E-state index contributed by atoms with van der Waals surface area (Å²) in [5, 5.41) is 18.7. The molecule has 0 saturated heterocycles. The van der Waals surface area contributed by atoms with Crippen LogP contribution in [0.5, 0.6) is 0 Å². The fourth-order valence-corrected chi connectivity index (χ4v) is 2.05. The second-order valence-corrected chi connectivity index (χ2v) is 5.16. The molecule has 1 rings (SSSR count). The topological polar surface area (TPSA) is 120 Å². The Morgan fingerprint density at radius 1 is 1.04 bits per heavy atom. The Hall–Kier alpha value is -2.51. The Morgan fingerprint density at radius 2 is 1.57 bits per heavy atom.